The fourth-order valence-electron chi connectivity index (χ4n) is 4.05. The fraction of sp³-hybridized carbons (Fsp3) is 0.267. The molecule has 2 unspecified atom stereocenters. The van der Waals surface area contributed by atoms with Gasteiger partial charge in [-0.05, 0) is 53.5 Å². The molecular weight excluding hydrogens is 457 g/mol. The molecule has 4 rings (SSSR count). The zero-order valence-electron chi connectivity index (χ0n) is 20.7. The molecule has 3 aromatic rings. The lowest BCUT2D eigenvalue weighted by Crippen LogP contribution is -2.34. The lowest BCUT2D eigenvalue weighted by Gasteiger charge is -2.31. The third-order valence-electron chi connectivity index (χ3n) is 5.82. The maximum absolute atomic E-state index is 14.0. The number of rotatable bonds is 6. The summed E-state index contributed by atoms with van der Waals surface area (Å²) in [5.41, 5.74) is 2.08. The topological polar surface area (TPSA) is 68.5 Å². The number of nitrogens with zero attached hydrogens (tertiary/aromatic N) is 1. The van der Waals surface area contributed by atoms with Gasteiger partial charge in [-0.15, -0.1) is 0 Å². The Kier molecular flexibility index (Phi) is 7.12. The van der Waals surface area contributed by atoms with Gasteiger partial charge in [-0.3, -0.25) is 4.79 Å². The highest BCUT2D eigenvalue weighted by Gasteiger charge is 2.37. The summed E-state index contributed by atoms with van der Waals surface area (Å²) in [5.74, 6) is 0.0705. The van der Waals surface area contributed by atoms with Gasteiger partial charge < -0.3 is 14.2 Å². The van der Waals surface area contributed by atoms with E-state index in [-0.39, 0.29) is 16.8 Å². The molecule has 0 fully saturated rings. The van der Waals surface area contributed by atoms with Crippen LogP contribution in [-0.4, -0.2) is 25.6 Å². The van der Waals surface area contributed by atoms with E-state index in [0.717, 1.165) is 5.56 Å². The molecule has 6 heteroatoms. The predicted molar refractivity (Wildman–Crippen MR) is 136 cm³/mol. The fourth-order valence-corrected chi connectivity index (χ4v) is 4.05. The Morgan fingerprint density at radius 2 is 1.86 bits per heavy atom. The molecule has 0 aromatic heterocycles. The van der Waals surface area contributed by atoms with Gasteiger partial charge in [-0.25, -0.2) is 4.39 Å². The van der Waals surface area contributed by atoms with Crippen LogP contribution < -0.4 is 14.2 Å². The van der Waals surface area contributed by atoms with Crippen LogP contribution in [0.1, 0.15) is 53.7 Å². The number of hydrogen-bond acceptors (Lipinski definition) is 5. The highest BCUT2D eigenvalue weighted by molar-refractivity contribution is 6.05. The summed E-state index contributed by atoms with van der Waals surface area (Å²) >= 11 is 0. The van der Waals surface area contributed by atoms with Crippen molar-refractivity contribution in [2.45, 2.75) is 32.8 Å². The van der Waals surface area contributed by atoms with Crippen molar-refractivity contribution in [3.05, 3.63) is 94.8 Å². The summed E-state index contributed by atoms with van der Waals surface area (Å²) in [5, 5.41) is 9.16. The Labute approximate surface area is 210 Å². The summed E-state index contributed by atoms with van der Waals surface area (Å²) in [6.45, 7) is 6.74. The molecule has 0 saturated heterocycles. The van der Waals surface area contributed by atoms with Crippen molar-refractivity contribution in [2.24, 2.45) is 5.41 Å². The molecule has 1 aliphatic heterocycles. The molecule has 2 atom stereocenters. The molecule has 0 spiro atoms. The second kappa shape index (κ2) is 10.2. The molecule has 0 amide bonds. The van der Waals surface area contributed by atoms with Crippen molar-refractivity contribution in [1.29, 1.82) is 5.26 Å². The van der Waals surface area contributed by atoms with Gasteiger partial charge in [0, 0.05) is 5.56 Å². The van der Waals surface area contributed by atoms with E-state index in [1.807, 2.05) is 30.4 Å². The maximum Gasteiger partial charge on any atom is 0.178 e. The number of fused-ring (bicyclic) bond motifs is 1. The van der Waals surface area contributed by atoms with E-state index in [1.165, 1.54) is 18.2 Å². The number of hydrogen-bond donors (Lipinski definition) is 0. The van der Waals surface area contributed by atoms with E-state index in [4.69, 9.17) is 19.5 Å². The van der Waals surface area contributed by atoms with Crippen molar-refractivity contribution >= 4 is 11.9 Å². The molecule has 1 heterocycles. The van der Waals surface area contributed by atoms with Gasteiger partial charge in [-0.2, -0.15) is 5.26 Å². The van der Waals surface area contributed by atoms with Crippen LogP contribution in [0.3, 0.4) is 0 Å². The van der Waals surface area contributed by atoms with E-state index >= 15 is 0 Å². The molecule has 36 heavy (non-hydrogen) atoms. The smallest absolute Gasteiger partial charge is 0.178 e. The second-order valence-corrected chi connectivity index (χ2v) is 9.89. The number of benzene rings is 3. The molecule has 184 valence electrons. The quantitative estimate of drug-likeness (QED) is 0.395. The molecule has 0 aliphatic carbocycles. The molecular formula is C30H28FNO4. The minimum atomic E-state index is -0.715. The number of carbonyl (C=O) groups excluding carboxylic acids is 1. The van der Waals surface area contributed by atoms with E-state index in [2.05, 4.69) is 26.8 Å². The van der Waals surface area contributed by atoms with Gasteiger partial charge in [0.1, 0.15) is 17.7 Å². The van der Waals surface area contributed by atoms with Crippen LogP contribution in [0.4, 0.5) is 4.39 Å². The van der Waals surface area contributed by atoms with Crippen molar-refractivity contribution in [3.63, 3.8) is 0 Å². The average Bonchev–Trinajstić information content (AvgIpc) is 2.86. The van der Waals surface area contributed by atoms with Crippen LogP contribution in [0, 0.1) is 22.6 Å². The lowest BCUT2D eigenvalue weighted by molar-refractivity contribution is 0.0841. The number of Topliss-reactive ketones (excluding diaryl/α,β-unsaturated/α-hetero) is 1. The Balaban J connectivity index is 1.74. The number of ether oxygens (including phenoxy) is 3. The van der Waals surface area contributed by atoms with E-state index in [9.17, 15) is 9.18 Å². The number of nitriles is 1. The molecule has 1 aliphatic rings. The number of ketones is 1. The van der Waals surface area contributed by atoms with Crippen molar-refractivity contribution < 1.29 is 23.4 Å². The third-order valence-corrected chi connectivity index (χ3v) is 5.82. The summed E-state index contributed by atoms with van der Waals surface area (Å²) in [6, 6.07) is 18.4. The van der Waals surface area contributed by atoms with E-state index in [1.54, 1.807) is 31.4 Å². The van der Waals surface area contributed by atoms with E-state index < -0.39 is 17.8 Å². The molecule has 0 bridgehead atoms. The SMILES string of the molecule is COc1cccc(/C=C/C2Oc3ccc(F)cc3C(=O)C2c2ccc(C#N)cc2)c1OCC(C)(C)C. The Bertz CT molecular complexity index is 1330. The van der Waals surface area contributed by atoms with Crippen molar-refractivity contribution in [3.8, 4) is 23.3 Å². The molecule has 0 radical (unpaired) electrons. The summed E-state index contributed by atoms with van der Waals surface area (Å²) in [6.07, 6.45) is 3.00. The van der Waals surface area contributed by atoms with Crippen LogP contribution in [0.2, 0.25) is 0 Å². The van der Waals surface area contributed by atoms with E-state index in [0.29, 0.717) is 35.0 Å². The monoisotopic (exact) mass is 485 g/mol. The first-order valence-electron chi connectivity index (χ1n) is 11.7. The Morgan fingerprint density at radius 3 is 2.53 bits per heavy atom. The molecule has 0 saturated carbocycles. The minimum Gasteiger partial charge on any atom is -0.493 e. The first-order valence-corrected chi connectivity index (χ1v) is 11.7. The van der Waals surface area contributed by atoms with Gasteiger partial charge in [0.05, 0.1) is 36.8 Å². The predicted octanol–water partition coefficient (Wildman–Crippen LogP) is 6.57. The molecule has 0 N–H and O–H groups in total. The number of para-hydroxylation sites is 1. The average molecular weight is 486 g/mol. The van der Waals surface area contributed by atoms with Crippen LogP contribution in [-0.2, 0) is 0 Å². The van der Waals surface area contributed by atoms with Crippen molar-refractivity contribution in [2.75, 3.05) is 13.7 Å². The maximum atomic E-state index is 14.0. The zero-order valence-corrected chi connectivity index (χ0v) is 20.7. The van der Waals surface area contributed by atoms with Gasteiger partial charge in [0.25, 0.3) is 0 Å². The Morgan fingerprint density at radius 1 is 1.11 bits per heavy atom. The third kappa shape index (κ3) is 5.41. The van der Waals surface area contributed by atoms with Crippen LogP contribution in [0.25, 0.3) is 6.08 Å². The summed E-state index contributed by atoms with van der Waals surface area (Å²) < 4.78 is 31.8. The summed E-state index contributed by atoms with van der Waals surface area (Å²) in [7, 11) is 1.59. The Hall–Kier alpha value is -4.11. The first kappa shape index (κ1) is 25.0. The lowest BCUT2D eigenvalue weighted by atomic mass is 9.83. The van der Waals surface area contributed by atoms with Crippen LogP contribution in [0.5, 0.6) is 17.2 Å². The van der Waals surface area contributed by atoms with Gasteiger partial charge in [0.15, 0.2) is 17.3 Å². The molecule has 3 aromatic carbocycles. The number of methoxy groups -OCH3 is 1. The van der Waals surface area contributed by atoms with Crippen LogP contribution >= 0.6 is 0 Å². The standard InChI is InChI=1S/C30H28FNO4/c1-30(2,3)18-35-29-21(6-5-7-26(29)34-4)12-14-25-27(20-10-8-19(17-32)9-11-20)28(33)23-16-22(31)13-15-24(23)36-25/h5-16,25,27H,18H2,1-4H3/b14-12+. The highest BCUT2D eigenvalue weighted by atomic mass is 19.1. The first-order chi connectivity index (χ1) is 17.2. The van der Waals surface area contributed by atoms with Gasteiger partial charge in [-0.1, -0.05) is 51.1 Å². The number of carbonyl (C=O) groups is 1. The van der Waals surface area contributed by atoms with Crippen molar-refractivity contribution in [1.82, 2.24) is 0 Å². The van der Waals surface area contributed by atoms with Gasteiger partial charge >= 0.3 is 0 Å². The summed E-state index contributed by atoms with van der Waals surface area (Å²) in [4.78, 5) is 13.5. The second-order valence-electron chi connectivity index (χ2n) is 9.89. The highest BCUT2D eigenvalue weighted by Crippen LogP contribution is 2.39. The minimum absolute atomic E-state index is 0.0552. The van der Waals surface area contributed by atoms with Crippen LogP contribution in [0.15, 0.2) is 66.7 Å². The largest absolute Gasteiger partial charge is 0.493 e. The zero-order chi connectivity index (χ0) is 25.9. The molecule has 5 nitrogen and oxygen atoms in total. The normalized spacial score (nSPS) is 17.3. The number of halogens is 1. The van der Waals surface area contributed by atoms with Gasteiger partial charge in [0.2, 0.25) is 0 Å².